The van der Waals surface area contributed by atoms with Crippen molar-refractivity contribution >= 4 is 5.97 Å². The molecular weight excluding hydrogens is 176 g/mol. The fraction of sp³-hybridized carbons (Fsp3) is 0.750. The Morgan fingerprint density at radius 1 is 1.43 bits per heavy atom. The summed E-state index contributed by atoms with van der Waals surface area (Å²) in [4.78, 5) is 11.2. The minimum atomic E-state index is -0.634. The Bertz CT molecular complexity index is 233. The first-order chi connectivity index (χ1) is 6.46. The summed E-state index contributed by atoms with van der Waals surface area (Å²) in [5.41, 5.74) is -0.0455. The molecule has 0 amide bonds. The van der Waals surface area contributed by atoms with Crippen LogP contribution in [0.2, 0.25) is 0 Å². The summed E-state index contributed by atoms with van der Waals surface area (Å²) in [5, 5.41) is 9.22. The summed E-state index contributed by atoms with van der Waals surface area (Å²) in [5.74, 6) is -0.379. The van der Waals surface area contributed by atoms with Gasteiger partial charge in [-0.05, 0) is 30.6 Å². The van der Waals surface area contributed by atoms with Crippen LogP contribution in [0.1, 0.15) is 40.0 Å². The van der Waals surface area contributed by atoms with Gasteiger partial charge in [0.1, 0.15) is 0 Å². The minimum absolute atomic E-state index is 0.0455. The molecule has 0 unspecified atom stereocenters. The lowest BCUT2D eigenvalue weighted by atomic mass is 9.72. The number of carboxylic acid groups (broad SMARTS) is 1. The SMILES string of the molecule is CC(C)C[C@@H](C(=O)O)C1(C)CC=CC1. The summed E-state index contributed by atoms with van der Waals surface area (Å²) in [7, 11) is 0. The van der Waals surface area contributed by atoms with Gasteiger partial charge in [-0.15, -0.1) is 0 Å². The van der Waals surface area contributed by atoms with Gasteiger partial charge in [0.05, 0.1) is 5.92 Å². The maximum atomic E-state index is 11.2. The molecule has 1 rings (SSSR count). The Morgan fingerprint density at radius 3 is 2.29 bits per heavy atom. The van der Waals surface area contributed by atoms with Crippen LogP contribution in [-0.2, 0) is 4.79 Å². The normalized spacial score (nSPS) is 21.4. The average Bonchev–Trinajstić information content (AvgIpc) is 2.48. The summed E-state index contributed by atoms with van der Waals surface area (Å²) >= 11 is 0. The molecule has 80 valence electrons. The van der Waals surface area contributed by atoms with Crippen LogP contribution in [0.15, 0.2) is 12.2 Å². The number of aliphatic carboxylic acids is 1. The van der Waals surface area contributed by atoms with Crippen molar-refractivity contribution in [2.24, 2.45) is 17.3 Å². The van der Waals surface area contributed by atoms with Gasteiger partial charge in [-0.25, -0.2) is 0 Å². The monoisotopic (exact) mass is 196 g/mol. The fourth-order valence-electron chi connectivity index (χ4n) is 2.23. The number of allylic oxidation sites excluding steroid dienone is 2. The third-order valence-electron chi connectivity index (χ3n) is 3.18. The van der Waals surface area contributed by atoms with Crippen molar-refractivity contribution in [2.45, 2.75) is 40.0 Å². The van der Waals surface area contributed by atoms with E-state index in [0.717, 1.165) is 19.3 Å². The van der Waals surface area contributed by atoms with E-state index in [2.05, 4.69) is 32.9 Å². The quantitative estimate of drug-likeness (QED) is 0.701. The molecule has 1 N–H and O–H groups in total. The van der Waals surface area contributed by atoms with E-state index in [1.165, 1.54) is 0 Å². The van der Waals surface area contributed by atoms with Gasteiger partial charge in [0.2, 0.25) is 0 Å². The molecule has 0 aromatic rings. The Labute approximate surface area is 86.0 Å². The number of carbonyl (C=O) groups is 1. The van der Waals surface area contributed by atoms with E-state index in [1.54, 1.807) is 0 Å². The molecule has 0 saturated heterocycles. The first kappa shape index (κ1) is 11.3. The molecule has 0 aromatic heterocycles. The second kappa shape index (κ2) is 4.16. The van der Waals surface area contributed by atoms with E-state index in [1.807, 2.05) is 0 Å². The summed E-state index contributed by atoms with van der Waals surface area (Å²) in [6.45, 7) is 6.26. The summed E-state index contributed by atoms with van der Waals surface area (Å²) in [6.07, 6.45) is 6.83. The zero-order valence-electron chi connectivity index (χ0n) is 9.29. The maximum absolute atomic E-state index is 11.2. The van der Waals surface area contributed by atoms with Crippen LogP contribution >= 0.6 is 0 Å². The highest BCUT2D eigenvalue weighted by atomic mass is 16.4. The molecule has 0 aromatic carbocycles. The molecule has 14 heavy (non-hydrogen) atoms. The Kier molecular flexibility index (Phi) is 3.35. The second-order valence-electron chi connectivity index (χ2n) is 5.05. The number of rotatable bonds is 4. The lowest BCUT2D eigenvalue weighted by Crippen LogP contribution is -2.32. The van der Waals surface area contributed by atoms with Gasteiger partial charge in [-0.2, -0.15) is 0 Å². The van der Waals surface area contributed by atoms with Gasteiger partial charge in [-0.3, -0.25) is 4.79 Å². The molecule has 0 spiro atoms. The molecule has 0 saturated carbocycles. The van der Waals surface area contributed by atoms with E-state index < -0.39 is 5.97 Å². The third kappa shape index (κ3) is 2.37. The Morgan fingerprint density at radius 2 is 1.93 bits per heavy atom. The van der Waals surface area contributed by atoms with Crippen molar-refractivity contribution in [1.29, 1.82) is 0 Å². The lowest BCUT2D eigenvalue weighted by molar-refractivity contribution is -0.146. The largest absolute Gasteiger partial charge is 0.481 e. The van der Waals surface area contributed by atoms with Crippen LogP contribution in [0.5, 0.6) is 0 Å². The van der Waals surface area contributed by atoms with Gasteiger partial charge in [-0.1, -0.05) is 32.9 Å². The zero-order valence-corrected chi connectivity index (χ0v) is 9.29. The first-order valence-corrected chi connectivity index (χ1v) is 5.33. The Balaban J connectivity index is 2.72. The average molecular weight is 196 g/mol. The zero-order chi connectivity index (χ0) is 10.8. The second-order valence-corrected chi connectivity index (χ2v) is 5.05. The topological polar surface area (TPSA) is 37.3 Å². The standard InChI is InChI=1S/C12H20O2/c1-9(2)8-10(11(13)14)12(3)6-4-5-7-12/h4-5,9-10H,6-8H2,1-3H3,(H,13,14)/t10-/m0/s1. The van der Waals surface area contributed by atoms with Crippen LogP contribution < -0.4 is 0 Å². The number of hydrogen-bond donors (Lipinski definition) is 1. The highest BCUT2D eigenvalue weighted by molar-refractivity contribution is 5.71. The molecule has 2 nitrogen and oxygen atoms in total. The highest BCUT2D eigenvalue weighted by Crippen LogP contribution is 2.42. The van der Waals surface area contributed by atoms with E-state index in [0.29, 0.717) is 5.92 Å². The van der Waals surface area contributed by atoms with Crippen LogP contribution in [0, 0.1) is 17.3 Å². The van der Waals surface area contributed by atoms with E-state index in [4.69, 9.17) is 0 Å². The molecule has 1 aliphatic carbocycles. The first-order valence-electron chi connectivity index (χ1n) is 5.33. The van der Waals surface area contributed by atoms with Crippen LogP contribution in [0.4, 0.5) is 0 Å². The van der Waals surface area contributed by atoms with Gasteiger partial charge >= 0.3 is 5.97 Å². The molecule has 0 radical (unpaired) electrons. The van der Waals surface area contributed by atoms with Crippen LogP contribution in [0.25, 0.3) is 0 Å². The number of carboxylic acids is 1. The lowest BCUT2D eigenvalue weighted by Gasteiger charge is -2.32. The molecule has 0 heterocycles. The molecule has 1 atom stereocenters. The fourth-order valence-corrected chi connectivity index (χ4v) is 2.23. The van der Waals surface area contributed by atoms with E-state index >= 15 is 0 Å². The van der Waals surface area contributed by atoms with Crippen molar-refractivity contribution in [3.8, 4) is 0 Å². The molecule has 1 aliphatic rings. The van der Waals surface area contributed by atoms with Crippen molar-refractivity contribution < 1.29 is 9.90 Å². The molecule has 2 heteroatoms. The van der Waals surface area contributed by atoms with Crippen molar-refractivity contribution in [3.63, 3.8) is 0 Å². The smallest absolute Gasteiger partial charge is 0.307 e. The molecular formula is C12H20O2. The predicted octanol–water partition coefficient (Wildman–Crippen LogP) is 3.09. The van der Waals surface area contributed by atoms with Gasteiger partial charge in [0.25, 0.3) is 0 Å². The number of hydrogen-bond acceptors (Lipinski definition) is 1. The van der Waals surface area contributed by atoms with Crippen LogP contribution in [-0.4, -0.2) is 11.1 Å². The van der Waals surface area contributed by atoms with E-state index in [-0.39, 0.29) is 11.3 Å². The van der Waals surface area contributed by atoms with Crippen molar-refractivity contribution in [2.75, 3.05) is 0 Å². The van der Waals surface area contributed by atoms with Crippen LogP contribution in [0.3, 0.4) is 0 Å². The van der Waals surface area contributed by atoms with Gasteiger partial charge in [0.15, 0.2) is 0 Å². The third-order valence-corrected chi connectivity index (χ3v) is 3.18. The van der Waals surface area contributed by atoms with Gasteiger partial charge in [0, 0.05) is 0 Å². The maximum Gasteiger partial charge on any atom is 0.307 e. The summed E-state index contributed by atoms with van der Waals surface area (Å²) < 4.78 is 0. The summed E-state index contributed by atoms with van der Waals surface area (Å²) in [6, 6.07) is 0. The van der Waals surface area contributed by atoms with Gasteiger partial charge < -0.3 is 5.11 Å². The molecule has 0 fully saturated rings. The van der Waals surface area contributed by atoms with Crippen molar-refractivity contribution in [3.05, 3.63) is 12.2 Å². The van der Waals surface area contributed by atoms with Crippen molar-refractivity contribution in [1.82, 2.24) is 0 Å². The molecule has 0 bridgehead atoms. The molecule has 0 aliphatic heterocycles. The Hall–Kier alpha value is -0.790. The highest BCUT2D eigenvalue weighted by Gasteiger charge is 2.39. The van der Waals surface area contributed by atoms with E-state index in [9.17, 15) is 9.90 Å². The predicted molar refractivity (Wildman–Crippen MR) is 57.1 cm³/mol. The minimum Gasteiger partial charge on any atom is -0.481 e.